The number of carbonyl (C=O) groups is 1. The highest BCUT2D eigenvalue weighted by Gasteiger charge is 2.28. The molecule has 4 rings (SSSR count). The number of carbonyl (C=O) groups excluding carboxylic acids is 1. The fourth-order valence-electron chi connectivity index (χ4n) is 4.12. The molecule has 0 aliphatic heterocycles. The second-order valence-electron chi connectivity index (χ2n) is 11.4. The molecule has 4 aromatic rings. The Kier molecular flexibility index (Phi) is 12.0. The third-order valence-corrected chi connectivity index (χ3v) is 7.91. The molecule has 246 valence electrons. The zero-order chi connectivity index (χ0) is 34.2. The lowest BCUT2D eigenvalue weighted by Gasteiger charge is -2.22. The van der Waals surface area contributed by atoms with Crippen LogP contribution in [-0.4, -0.2) is 41.7 Å². The Labute approximate surface area is 278 Å². The molecule has 0 fully saturated rings. The summed E-state index contributed by atoms with van der Waals surface area (Å²) >= 11 is 12.2. The van der Waals surface area contributed by atoms with E-state index in [2.05, 4.69) is 42.3 Å². The van der Waals surface area contributed by atoms with Crippen molar-refractivity contribution in [3.8, 4) is 35.3 Å². The number of halogens is 2. The van der Waals surface area contributed by atoms with Gasteiger partial charge < -0.3 is 23.2 Å². The number of anilines is 1. The van der Waals surface area contributed by atoms with Crippen molar-refractivity contribution in [3.05, 3.63) is 74.1 Å². The number of nitrogens with one attached hydrogen (secondary N) is 1. The molecule has 0 saturated carbocycles. The van der Waals surface area contributed by atoms with Crippen LogP contribution in [0.2, 0.25) is 10.0 Å². The number of nitrogens with zero attached hydrogens (tertiary/aromatic N) is 3. The van der Waals surface area contributed by atoms with Crippen molar-refractivity contribution in [1.29, 1.82) is 0 Å². The third kappa shape index (κ3) is 8.24. The van der Waals surface area contributed by atoms with Gasteiger partial charge >= 0.3 is 5.76 Å². The molecule has 11 nitrogen and oxygen atoms in total. The van der Waals surface area contributed by atoms with Crippen molar-refractivity contribution in [1.82, 2.24) is 14.9 Å². The Morgan fingerprint density at radius 1 is 1.02 bits per heavy atom. The van der Waals surface area contributed by atoms with Crippen molar-refractivity contribution in [2.75, 3.05) is 26.1 Å². The highest BCUT2D eigenvalue weighted by atomic mass is 35.5. The lowest BCUT2D eigenvalue weighted by molar-refractivity contribution is 0.101. The first-order chi connectivity index (χ1) is 21.7. The highest BCUT2D eigenvalue weighted by molar-refractivity contribution is 6.36. The summed E-state index contributed by atoms with van der Waals surface area (Å²) in [6, 6.07) is 9.89. The van der Waals surface area contributed by atoms with E-state index < -0.39 is 11.2 Å². The molecule has 13 heteroatoms. The molecule has 1 N–H and O–H groups in total. The summed E-state index contributed by atoms with van der Waals surface area (Å²) < 4.78 is 27.4. The second-order valence-corrected chi connectivity index (χ2v) is 12.2. The zero-order valence-corrected chi connectivity index (χ0v) is 28.6. The van der Waals surface area contributed by atoms with E-state index in [1.54, 1.807) is 24.3 Å². The number of benzene rings is 2. The van der Waals surface area contributed by atoms with Gasteiger partial charge in [-0.15, -0.1) is 11.5 Å². The van der Waals surface area contributed by atoms with Crippen molar-refractivity contribution in [3.63, 3.8) is 0 Å². The average Bonchev–Trinajstić information content (AvgIpc) is 3.67. The van der Waals surface area contributed by atoms with Gasteiger partial charge in [-0.3, -0.25) is 10.1 Å². The predicted octanol–water partition coefficient (Wildman–Crippen LogP) is 7.46. The number of terminal acetylenes is 1. The molecule has 0 spiro atoms. The molecule has 2 aromatic heterocycles. The van der Waals surface area contributed by atoms with Gasteiger partial charge in [-0.25, -0.2) is 4.79 Å². The van der Waals surface area contributed by atoms with E-state index in [0.29, 0.717) is 40.3 Å². The quantitative estimate of drug-likeness (QED) is 0.170. The van der Waals surface area contributed by atoms with Crippen LogP contribution in [0.15, 0.2) is 50.1 Å². The van der Waals surface area contributed by atoms with Gasteiger partial charge in [0.2, 0.25) is 11.8 Å². The molecule has 0 unspecified atom stereocenters. The Balaban J connectivity index is 0.000000251. The molecule has 2 heterocycles. The summed E-state index contributed by atoms with van der Waals surface area (Å²) in [4.78, 5) is 24.6. The minimum atomic E-state index is -0.642. The maximum Gasteiger partial charge on any atom is 0.442 e. The van der Waals surface area contributed by atoms with Crippen molar-refractivity contribution in [2.24, 2.45) is 0 Å². The topological polar surface area (TPSA) is 131 Å². The monoisotopic (exact) mass is 672 g/mol. The van der Waals surface area contributed by atoms with Crippen molar-refractivity contribution in [2.45, 2.75) is 65.2 Å². The Morgan fingerprint density at radius 2 is 1.65 bits per heavy atom. The maximum atomic E-state index is 12.6. The number of amides is 1. The molecule has 0 aliphatic carbocycles. The molecule has 46 heavy (non-hydrogen) atoms. The minimum Gasteiger partial charge on any atom is -0.496 e. The lowest BCUT2D eigenvalue weighted by atomic mass is 9.81. The number of hydrogen-bond acceptors (Lipinski definition) is 9. The zero-order valence-electron chi connectivity index (χ0n) is 27.1. The molecule has 0 saturated heterocycles. The van der Waals surface area contributed by atoms with Gasteiger partial charge in [0.25, 0.3) is 5.91 Å². The van der Waals surface area contributed by atoms with Crippen molar-refractivity contribution < 1.29 is 27.9 Å². The van der Waals surface area contributed by atoms with Gasteiger partial charge in [0, 0.05) is 23.0 Å². The van der Waals surface area contributed by atoms with Gasteiger partial charge in [-0.05, 0) is 31.0 Å². The molecular formula is C33H38Cl2N4O7. The van der Waals surface area contributed by atoms with Crippen LogP contribution in [0.4, 0.5) is 5.88 Å². The van der Waals surface area contributed by atoms with E-state index in [1.807, 2.05) is 20.8 Å². The number of methoxy groups -OCH3 is 2. The van der Waals surface area contributed by atoms with Crippen LogP contribution in [0.3, 0.4) is 0 Å². The predicted molar refractivity (Wildman–Crippen MR) is 177 cm³/mol. The van der Waals surface area contributed by atoms with Gasteiger partial charge in [0.05, 0.1) is 35.6 Å². The SMILES string of the molecule is C#CCOc1cc(-n2nc(C(C)(C)C)oc2=O)c(Cl)cc1Cl.CCC(C)(CC)c1cc(NC(=O)c2c(OC)cccc2OC)on1. The smallest absolute Gasteiger partial charge is 0.442 e. The summed E-state index contributed by atoms with van der Waals surface area (Å²) in [7, 11) is 3.01. The Morgan fingerprint density at radius 3 is 2.17 bits per heavy atom. The normalized spacial score (nSPS) is 11.2. The second kappa shape index (κ2) is 15.3. The number of hydrogen-bond donors (Lipinski definition) is 1. The standard InChI is InChI=1S/C18H24N2O4.C15H14Cl2N2O3/c1-6-18(3,7-2)14-11-15(24-20-14)19-17(21)16-12(22-4)9-8-10-13(16)23-5;1-5-6-21-12-8-11(9(16)7-10(12)17)19-14(20)22-13(18-19)15(2,3)4/h8-11H,6-7H2,1-5H3,(H,19,21);1,7-8H,6H2,2-4H3. The largest absolute Gasteiger partial charge is 0.496 e. The summed E-state index contributed by atoms with van der Waals surface area (Å²) in [6.45, 7) is 12.0. The number of rotatable bonds is 10. The van der Waals surface area contributed by atoms with Gasteiger partial charge in [0.15, 0.2) is 0 Å². The first-order valence-corrected chi connectivity index (χ1v) is 15.1. The Bertz CT molecular complexity index is 1740. The summed E-state index contributed by atoms with van der Waals surface area (Å²) in [6.07, 6.45) is 7.02. The lowest BCUT2D eigenvalue weighted by Crippen LogP contribution is -2.19. The fraction of sp³-hybridized carbons (Fsp3) is 0.394. The van der Waals surface area contributed by atoms with Crippen LogP contribution in [0.25, 0.3) is 5.69 Å². The van der Waals surface area contributed by atoms with Crippen LogP contribution in [0.5, 0.6) is 17.2 Å². The fourth-order valence-corrected chi connectivity index (χ4v) is 4.64. The van der Waals surface area contributed by atoms with Crippen LogP contribution in [0, 0.1) is 12.3 Å². The molecule has 1 amide bonds. The number of ether oxygens (including phenoxy) is 3. The van der Waals surface area contributed by atoms with Gasteiger partial charge in [-0.2, -0.15) is 4.68 Å². The van der Waals surface area contributed by atoms with Crippen LogP contribution in [-0.2, 0) is 10.8 Å². The van der Waals surface area contributed by atoms with Gasteiger partial charge in [0.1, 0.15) is 29.4 Å². The van der Waals surface area contributed by atoms with E-state index in [0.717, 1.165) is 23.2 Å². The van der Waals surface area contributed by atoms with Crippen LogP contribution in [0.1, 0.15) is 76.3 Å². The van der Waals surface area contributed by atoms with Crippen LogP contribution >= 0.6 is 23.2 Å². The molecule has 0 radical (unpaired) electrons. The van der Waals surface area contributed by atoms with E-state index in [9.17, 15) is 9.59 Å². The first kappa shape index (κ1) is 36.1. The van der Waals surface area contributed by atoms with Crippen LogP contribution < -0.4 is 25.3 Å². The Hall–Kier alpha value is -4.40. The van der Waals surface area contributed by atoms with E-state index in [-0.39, 0.29) is 28.0 Å². The molecule has 0 aliphatic rings. The highest BCUT2D eigenvalue weighted by Crippen LogP contribution is 2.34. The first-order valence-electron chi connectivity index (χ1n) is 14.4. The van der Waals surface area contributed by atoms with Crippen molar-refractivity contribution >= 4 is 35.0 Å². The van der Waals surface area contributed by atoms with E-state index in [4.69, 9.17) is 52.8 Å². The molecule has 2 aromatic carbocycles. The summed E-state index contributed by atoms with van der Waals surface area (Å²) in [5, 5.41) is 11.5. The summed E-state index contributed by atoms with van der Waals surface area (Å²) in [5.41, 5.74) is 0.965. The molecular weight excluding hydrogens is 635 g/mol. The average molecular weight is 674 g/mol. The molecule has 0 bridgehead atoms. The van der Waals surface area contributed by atoms with E-state index >= 15 is 0 Å². The maximum absolute atomic E-state index is 12.6. The minimum absolute atomic E-state index is 0.0434. The number of aromatic nitrogens is 3. The summed E-state index contributed by atoms with van der Waals surface area (Å²) in [5.74, 6) is 3.09. The van der Waals surface area contributed by atoms with Gasteiger partial charge in [-0.1, -0.05) is 81.9 Å². The van der Waals surface area contributed by atoms with E-state index in [1.165, 1.54) is 26.4 Å². The molecule has 0 atom stereocenters. The third-order valence-electron chi connectivity index (χ3n) is 7.31.